The lowest BCUT2D eigenvalue weighted by atomic mass is 10.3. The largest absolute Gasteiger partial charge is 0.446 e. The molecule has 0 saturated carbocycles. The Labute approximate surface area is 101 Å². The van der Waals surface area contributed by atoms with E-state index in [-0.39, 0.29) is 17.3 Å². The van der Waals surface area contributed by atoms with E-state index in [1.807, 2.05) is 0 Å². The van der Waals surface area contributed by atoms with Crippen molar-refractivity contribution < 1.29 is 21.9 Å². The first-order chi connectivity index (χ1) is 7.28. The fraction of sp³-hybridized carbons (Fsp3) is 0.125. The summed E-state index contributed by atoms with van der Waals surface area (Å²) < 4.78 is 34.5. The van der Waals surface area contributed by atoms with Crippen LogP contribution >= 0.6 is 15.9 Å². The molecule has 6 nitrogen and oxygen atoms in total. The number of nitrogens with one attached hydrogen (secondary N) is 1. The molecule has 2 N–H and O–H groups in total. The normalized spacial score (nSPS) is 10.9. The second-order valence-corrected chi connectivity index (χ2v) is 4.77. The fourth-order valence-electron chi connectivity index (χ4n) is 0.971. The molecule has 8 heteroatoms. The molecule has 1 aromatic rings. The van der Waals surface area contributed by atoms with Crippen LogP contribution in [0.4, 0.5) is 5.69 Å². The molecule has 16 heavy (non-hydrogen) atoms. The van der Waals surface area contributed by atoms with E-state index in [0.29, 0.717) is 4.47 Å². The molecule has 0 aliphatic heterocycles. The Balaban J connectivity index is 3.13. The van der Waals surface area contributed by atoms with E-state index >= 15 is 0 Å². The molecule has 0 unspecified atom stereocenters. The van der Waals surface area contributed by atoms with Crippen LogP contribution < -0.4 is 9.50 Å². The van der Waals surface area contributed by atoms with Crippen LogP contribution in [0.25, 0.3) is 0 Å². The van der Waals surface area contributed by atoms with Gasteiger partial charge in [0, 0.05) is 11.4 Å². The van der Waals surface area contributed by atoms with Crippen molar-refractivity contribution in [1.29, 1.82) is 0 Å². The summed E-state index contributed by atoms with van der Waals surface area (Å²) in [4.78, 5) is 10.8. The van der Waals surface area contributed by atoms with Gasteiger partial charge in [0.25, 0.3) is 0 Å². The quantitative estimate of drug-likeness (QED) is 0.827. The van der Waals surface area contributed by atoms with Gasteiger partial charge in [-0.15, -0.1) is 0 Å². The maximum Gasteiger partial charge on any atom is 0.446 e. The number of carbonyl (C=O) groups excluding carboxylic acids is 1. The van der Waals surface area contributed by atoms with Crippen molar-refractivity contribution in [2.75, 3.05) is 5.32 Å². The number of amides is 1. The van der Waals surface area contributed by atoms with E-state index < -0.39 is 10.4 Å². The zero-order valence-electron chi connectivity index (χ0n) is 8.10. The van der Waals surface area contributed by atoms with Gasteiger partial charge in [0.05, 0.1) is 5.69 Å². The average Bonchev–Trinajstić information content (AvgIpc) is 2.06. The SMILES string of the molecule is CC(=O)Nc1ccc(Br)cc1OS(=O)(=O)O. The van der Waals surface area contributed by atoms with Gasteiger partial charge in [0.1, 0.15) is 0 Å². The summed E-state index contributed by atoms with van der Waals surface area (Å²) in [5.74, 6) is -0.561. The van der Waals surface area contributed by atoms with Gasteiger partial charge in [-0.05, 0) is 18.2 Å². The van der Waals surface area contributed by atoms with Crippen LogP contribution in [0.2, 0.25) is 0 Å². The molecule has 0 spiro atoms. The summed E-state index contributed by atoms with van der Waals surface area (Å²) in [5, 5.41) is 2.36. The van der Waals surface area contributed by atoms with Crippen LogP contribution in [0.1, 0.15) is 6.92 Å². The molecular weight excluding hydrogens is 302 g/mol. The summed E-state index contributed by atoms with van der Waals surface area (Å²) in [6.07, 6.45) is 0. The van der Waals surface area contributed by atoms with Crippen molar-refractivity contribution in [3.8, 4) is 5.75 Å². The van der Waals surface area contributed by atoms with Crippen LogP contribution in [0.15, 0.2) is 22.7 Å². The van der Waals surface area contributed by atoms with E-state index in [4.69, 9.17) is 4.55 Å². The van der Waals surface area contributed by atoms with Crippen LogP contribution in [0.3, 0.4) is 0 Å². The van der Waals surface area contributed by atoms with Gasteiger partial charge < -0.3 is 9.50 Å². The average molecular weight is 310 g/mol. The molecule has 0 atom stereocenters. The molecular formula is C8H8BrNO5S. The number of halogens is 1. The van der Waals surface area contributed by atoms with E-state index in [9.17, 15) is 13.2 Å². The number of rotatable bonds is 3. The summed E-state index contributed by atoms with van der Waals surface area (Å²) in [7, 11) is -4.62. The van der Waals surface area contributed by atoms with Crippen LogP contribution in [0.5, 0.6) is 5.75 Å². The highest BCUT2D eigenvalue weighted by molar-refractivity contribution is 9.10. The Morgan fingerprint density at radius 2 is 2.12 bits per heavy atom. The molecule has 88 valence electrons. The molecule has 0 bridgehead atoms. The van der Waals surface area contributed by atoms with E-state index in [2.05, 4.69) is 25.4 Å². The lowest BCUT2D eigenvalue weighted by Gasteiger charge is -2.09. The molecule has 1 aromatic carbocycles. The number of carbonyl (C=O) groups is 1. The Morgan fingerprint density at radius 1 is 1.50 bits per heavy atom. The van der Waals surface area contributed by atoms with Gasteiger partial charge in [-0.2, -0.15) is 8.42 Å². The maximum atomic E-state index is 10.8. The van der Waals surface area contributed by atoms with Gasteiger partial charge in [0.15, 0.2) is 5.75 Å². The number of hydrogen-bond donors (Lipinski definition) is 2. The third kappa shape index (κ3) is 4.17. The summed E-state index contributed by atoms with van der Waals surface area (Å²) in [5.41, 5.74) is 0.147. The standard InChI is InChI=1S/C8H8BrNO5S/c1-5(11)10-7-3-2-6(9)4-8(7)15-16(12,13)14/h2-4H,1H3,(H,10,11)(H,12,13,14). The molecule has 0 fully saturated rings. The highest BCUT2D eigenvalue weighted by atomic mass is 79.9. The fourth-order valence-corrected chi connectivity index (χ4v) is 1.68. The third-order valence-corrected chi connectivity index (χ3v) is 2.33. The van der Waals surface area contributed by atoms with Crippen molar-refractivity contribution in [2.45, 2.75) is 6.92 Å². The number of benzene rings is 1. The Hall–Kier alpha value is -1.12. The minimum Gasteiger partial charge on any atom is -0.360 e. The molecule has 0 aliphatic carbocycles. The highest BCUT2D eigenvalue weighted by Crippen LogP contribution is 2.29. The van der Waals surface area contributed by atoms with Gasteiger partial charge in [-0.3, -0.25) is 9.35 Å². The van der Waals surface area contributed by atoms with Crippen LogP contribution in [-0.4, -0.2) is 18.9 Å². The van der Waals surface area contributed by atoms with Crippen molar-refractivity contribution >= 4 is 37.9 Å². The smallest absolute Gasteiger partial charge is 0.360 e. The summed E-state index contributed by atoms with van der Waals surface area (Å²) in [6, 6.07) is 4.33. The Bertz CT molecular complexity index is 513. The molecule has 0 aromatic heterocycles. The Kier molecular flexibility index (Phi) is 3.89. The third-order valence-electron chi connectivity index (χ3n) is 1.45. The van der Waals surface area contributed by atoms with Gasteiger partial charge in [-0.25, -0.2) is 0 Å². The molecule has 0 aliphatic rings. The molecule has 0 heterocycles. The van der Waals surface area contributed by atoms with Crippen LogP contribution in [-0.2, 0) is 15.2 Å². The first kappa shape index (κ1) is 12.9. The summed E-state index contributed by atoms with van der Waals surface area (Å²) >= 11 is 3.10. The van der Waals surface area contributed by atoms with Crippen molar-refractivity contribution in [2.24, 2.45) is 0 Å². The first-order valence-electron chi connectivity index (χ1n) is 4.02. The topological polar surface area (TPSA) is 92.7 Å². The molecule has 1 rings (SSSR count). The van der Waals surface area contributed by atoms with E-state index in [1.54, 1.807) is 6.07 Å². The minimum absolute atomic E-state index is 0.147. The molecule has 1 amide bonds. The van der Waals surface area contributed by atoms with E-state index in [1.165, 1.54) is 19.1 Å². The van der Waals surface area contributed by atoms with Crippen molar-refractivity contribution in [3.63, 3.8) is 0 Å². The second-order valence-electron chi connectivity index (χ2n) is 2.83. The lowest BCUT2D eigenvalue weighted by molar-refractivity contribution is -0.114. The number of anilines is 1. The molecule has 0 radical (unpaired) electrons. The van der Waals surface area contributed by atoms with Crippen molar-refractivity contribution in [3.05, 3.63) is 22.7 Å². The predicted molar refractivity (Wildman–Crippen MR) is 60.6 cm³/mol. The zero-order chi connectivity index (χ0) is 12.3. The lowest BCUT2D eigenvalue weighted by Crippen LogP contribution is -2.11. The van der Waals surface area contributed by atoms with Gasteiger partial charge >= 0.3 is 10.4 Å². The second kappa shape index (κ2) is 4.81. The maximum absolute atomic E-state index is 10.8. The molecule has 0 saturated heterocycles. The van der Waals surface area contributed by atoms with Gasteiger partial charge in [-0.1, -0.05) is 15.9 Å². The monoisotopic (exact) mass is 309 g/mol. The minimum atomic E-state index is -4.62. The summed E-state index contributed by atoms with van der Waals surface area (Å²) in [6.45, 7) is 1.26. The highest BCUT2D eigenvalue weighted by Gasteiger charge is 2.13. The van der Waals surface area contributed by atoms with Crippen LogP contribution in [0, 0.1) is 0 Å². The number of hydrogen-bond acceptors (Lipinski definition) is 4. The predicted octanol–water partition coefficient (Wildman–Crippen LogP) is 1.59. The van der Waals surface area contributed by atoms with Crippen molar-refractivity contribution in [1.82, 2.24) is 0 Å². The zero-order valence-corrected chi connectivity index (χ0v) is 10.5. The Morgan fingerprint density at radius 3 is 2.62 bits per heavy atom. The van der Waals surface area contributed by atoms with Gasteiger partial charge in [0.2, 0.25) is 5.91 Å². The van der Waals surface area contributed by atoms with E-state index in [0.717, 1.165) is 0 Å². The first-order valence-corrected chi connectivity index (χ1v) is 6.18.